The van der Waals surface area contributed by atoms with Gasteiger partial charge in [0.15, 0.2) is 0 Å². The number of benzene rings is 1. The fourth-order valence-corrected chi connectivity index (χ4v) is 9.11. The molecule has 0 amide bonds. The first-order valence-corrected chi connectivity index (χ1v) is 28.5. The Hall–Kier alpha value is -0.814. The number of carbonyl (C=O) groups excluding carboxylic acids is 2. The van der Waals surface area contributed by atoms with Crippen molar-refractivity contribution in [3.8, 4) is 0 Å². The number of ether oxygens (including phenoxy) is 2. The number of esters is 2. The normalized spacial score (nSPS) is 11.7. The summed E-state index contributed by atoms with van der Waals surface area (Å²) in [7, 11) is -5.02. The van der Waals surface area contributed by atoms with Crippen LogP contribution >= 0.6 is 0 Å². The minimum atomic E-state index is -5.02. The van der Waals surface area contributed by atoms with Crippen LogP contribution in [0.5, 0.6) is 0 Å². The van der Waals surface area contributed by atoms with Gasteiger partial charge in [-0.3, -0.25) is 0 Å². The molecule has 0 radical (unpaired) electrons. The van der Waals surface area contributed by atoms with Crippen molar-refractivity contribution in [2.45, 2.75) is 276 Å². The molecule has 0 aromatic heterocycles. The maximum atomic E-state index is 13.1. The number of rotatable bonds is 47. The van der Waals surface area contributed by atoms with Crippen LogP contribution in [0.2, 0.25) is 0 Å². The van der Waals surface area contributed by atoms with Gasteiger partial charge in [-0.25, -0.2) is 18.0 Å². The fraction of sp³-hybridized carbons (Fsp3) is 0.786. The number of hydrogen-bond donors (Lipinski definition) is 0. The molecule has 370 valence electrons. The molecule has 1 aromatic carbocycles. The van der Waals surface area contributed by atoms with Gasteiger partial charge in [0.2, 0.25) is 0 Å². The molecule has 0 heterocycles. The van der Waals surface area contributed by atoms with Crippen molar-refractivity contribution in [2.75, 3.05) is 13.2 Å². The van der Waals surface area contributed by atoms with Crippen molar-refractivity contribution in [3.05, 3.63) is 53.6 Å². The molecule has 7 nitrogen and oxygen atoms in total. The van der Waals surface area contributed by atoms with Crippen LogP contribution in [-0.2, 0) is 19.6 Å². The van der Waals surface area contributed by atoms with Crippen LogP contribution in [0.4, 0.5) is 0 Å². The average Bonchev–Trinajstić information content (AvgIpc) is 3.28. The Morgan fingerprint density at radius 2 is 0.708 bits per heavy atom. The summed E-state index contributed by atoms with van der Waals surface area (Å²) in [4.78, 5) is 25.3. The molecule has 65 heavy (non-hydrogen) atoms. The summed E-state index contributed by atoms with van der Waals surface area (Å²) in [6.07, 6.45) is 59.1. The summed E-state index contributed by atoms with van der Waals surface area (Å²) < 4.78 is 47.0. The Morgan fingerprint density at radius 3 is 1.02 bits per heavy atom. The number of carbonyl (C=O) groups is 2. The molecule has 0 aliphatic heterocycles. The van der Waals surface area contributed by atoms with E-state index in [0.717, 1.165) is 57.4 Å². The molecule has 0 aliphatic rings. The van der Waals surface area contributed by atoms with Crippen molar-refractivity contribution < 1.29 is 83.4 Å². The summed E-state index contributed by atoms with van der Waals surface area (Å²) in [6, 6.07) is 3.64. The predicted molar refractivity (Wildman–Crippen MR) is 269 cm³/mol. The van der Waals surface area contributed by atoms with E-state index in [0.29, 0.717) is 12.8 Å². The molecule has 9 heteroatoms. The zero-order valence-electron chi connectivity index (χ0n) is 42.5. The predicted octanol–water partition coefficient (Wildman–Crippen LogP) is 14.7. The van der Waals surface area contributed by atoms with Gasteiger partial charge >= 0.3 is 63.3 Å². The Balaban J connectivity index is 0.0000410. The molecule has 0 unspecified atom stereocenters. The third-order valence-corrected chi connectivity index (χ3v) is 13.4. The van der Waals surface area contributed by atoms with E-state index in [9.17, 15) is 22.6 Å². The van der Waals surface area contributed by atoms with E-state index in [1.807, 2.05) is 0 Å². The van der Waals surface area contributed by atoms with Crippen LogP contribution in [0.3, 0.4) is 0 Å². The minimum absolute atomic E-state index is 0. The smallest absolute Gasteiger partial charge is 0.744 e. The minimum Gasteiger partial charge on any atom is -0.744 e. The van der Waals surface area contributed by atoms with E-state index in [2.05, 4.69) is 38.2 Å². The van der Waals surface area contributed by atoms with E-state index in [4.69, 9.17) is 9.47 Å². The van der Waals surface area contributed by atoms with Crippen LogP contribution in [0, 0.1) is 0 Å². The SMILES string of the molecule is CCCCCCCCCCCCC/C=C/CCCCCCCCCOC(=O)c1cccc(S(=O)(=O)[O-])c1C(=O)OCCCCCCCCC/C=C/CCCCCCCCCCCCC.[K+]. The van der Waals surface area contributed by atoms with Gasteiger partial charge in [0.25, 0.3) is 0 Å². The van der Waals surface area contributed by atoms with Crippen molar-refractivity contribution in [3.63, 3.8) is 0 Å². The van der Waals surface area contributed by atoms with Gasteiger partial charge in [-0.1, -0.05) is 237 Å². The topological polar surface area (TPSA) is 110 Å². The molecule has 0 aliphatic carbocycles. The maximum Gasteiger partial charge on any atom is 1.00 e. The molecule has 1 aromatic rings. The first-order valence-electron chi connectivity index (χ1n) is 27.1. The van der Waals surface area contributed by atoms with E-state index < -0.39 is 32.5 Å². The van der Waals surface area contributed by atoms with Gasteiger partial charge in [-0.15, -0.1) is 0 Å². The van der Waals surface area contributed by atoms with E-state index in [1.165, 1.54) is 205 Å². The van der Waals surface area contributed by atoms with Crippen LogP contribution in [0.1, 0.15) is 291 Å². The Bertz CT molecular complexity index is 1410. The summed E-state index contributed by atoms with van der Waals surface area (Å²) in [5.41, 5.74) is -0.780. The van der Waals surface area contributed by atoms with Gasteiger partial charge in [-0.05, 0) is 76.3 Å². The quantitative estimate of drug-likeness (QED) is 0.0210. The molecule has 0 N–H and O–H groups in total. The molecule has 0 atom stereocenters. The third-order valence-electron chi connectivity index (χ3n) is 12.5. The number of hydrogen-bond acceptors (Lipinski definition) is 7. The second-order valence-electron chi connectivity index (χ2n) is 18.5. The van der Waals surface area contributed by atoms with E-state index in [1.54, 1.807) is 0 Å². The van der Waals surface area contributed by atoms with Crippen LogP contribution < -0.4 is 51.4 Å². The van der Waals surface area contributed by atoms with Gasteiger partial charge in [0.1, 0.15) is 10.1 Å². The Kier molecular flexibility index (Phi) is 47.6. The monoisotopic (exact) mass is 953 g/mol. The summed E-state index contributed by atoms with van der Waals surface area (Å²) in [5.74, 6) is -1.81. The fourth-order valence-electron chi connectivity index (χ4n) is 8.42. The van der Waals surface area contributed by atoms with Gasteiger partial charge < -0.3 is 14.0 Å². The zero-order valence-corrected chi connectivity index (χ0v) is 46.4. The number of allylic oxidation sites excluding steroid dienone is 4. The molecule has 0 fully saturated rings. The van der Waals surface area contributed by atoms with Crippen molar-refractivity contribution >= 4 is 22.1 Å². The van der Waals surface area contributed by atoms with Crippen molar-refractivity contribution in [2.24, 2.45) is 0 Å². The number of unbranched alkanes of at least 4 members (excludes halogenated alkanes) is 36. The van der Waals surface area contributed by atoms with Gasteiger partial charge in [0, 0.05) is 0 Å². The molecule has 0 saturated carbocycles. The summed E-state index contributed by atoms with van der Waals surface area (Å²) in [6.45, 7) is 4.79. The average molecular weight is 954 g/mol. The van der Waals surface area contributed by atoms with Crippen LogP contribution in [0.15, 0.2) is 47.4 Å². The maximum absolute atomic E-state index is 13.1. The molecule has 0 bridgehead atoms. The van der Waals surface area contributed by atoms with Crippen LogP contribution in [-0.4, -0.2) is 38.1 Å². The molecule has 0 spiro atoms. The summed E-state index contributed by atoms with van der Waals surface area (Å²) in [5, 5.41) is 0. The third kappa shape index (κ3) is 39.7. The van der Waals surface area contributed by atoms with E-state index in [-0.39, 0.29) is 70.2 Å². The Labute approximate surface area is 443 Å². The standard InChI is InChI=1S/C56H98O7S.K/c1-3-5-7-9-11-13-15-17-19-21-23-25-27-29-31-33-35-37-39-41-43-45-50-62-55(57)52-48-47-49-53(64(59,60)61)54(52)56(58)63-51-46-44-42-40-38-36-34-32-30-28-26-24-22-20-18-16-14-12-10-8-6-4-2;/h27-30,47-49H,3-26,31-46,50-51H2,1-2H3,(H,59,60,61);/q;+1/p-1/b29-27+,30-28+;. The first-order chi connectivity index (χ1) is 31.3. The molecular formula is C56H97KO7S. The van der Waals surface area contributed by atoms with Crippen molar-refractivity contribution in [1.29, 1.82) is 0 Å². The van der Waals surface area contributed by atoms with Gasteiger partial charge in [-0.2, -0.15) is 0 Å². The molecule has 1 rings (SSSR count). The van der Waals surface area contributed by atoms with Crippen molar-refractivity contribution in [1.82, 2.24) is 0 Å². The van der Waals surface area contributed by atoms with Crippen LogP contribution in [0.25, 0.3) is 0 Å². The van der Waals surface area contributed by atoms with Gasteiger partial charge in [0.05, 0.1) is 29.2 Å². The summed E-state index contributed by atoms with van der Waals surface area (Å²) >= 11 is 0. The second kappa shape index (κ2) is 48.2. The zero-order chi connectivity index (χ0) is 46.4. The molecular weight excluding hydrogens is 856 g/mol. The largest absolute Gasteiger partial charge is 1.00 e. The first kappa shape index (κ1) is 64.2. The second-order valence-corrected chi connectivity index (χ2v) is 19.9. The molecule has 0 saturated heterocycles. The Morgan fingerprint density at radius 1 is 0.431 bits per heavy atom. The van der Waals surface area contributed by atoms with E-state index >= 15 is 0 Å².